The number of rotatable bonds is 5. The van der Waals surface area contributed by atoms with Crippen molar-refractivity contribution in [2.24, 2.45) is 11.8 Å². The SMILES string of the molecule is CC(C)C1CCN(c2nccc(NCc3ccccc3)n2)CC1. The molecule has 1 aromatic heterocycles. The monoisotopic (exact) mass is 310 g/mol. The van der Waals surface area contributed by atoms with Gasteiger partial charge in [0.1, 0.15) is 5.82 Å². The molecular formula is C19H26N4. The molecule has 23 heavy (non-hydrogen) atoms. The molecule has 2 heterocycles. The Kier molecular flexibility index (Phi) is 5.11. The molecule has 1 aromatic carbocycles. The third-order valence-corrected chi connectivity index (χ3v) is 4.72. The summed E-state index contributed by atoms with van der Waals surface area (Å²) in [5, 5.41) is 3.39. The van der Waals surface area contributed by atoms with Gasteiger partial charge in [-0.1, -0.05) is 44.2 Å². The van der Waals surface area contributed by atoms with Gasteiger partial charge in [-0.25, -0.2) is 4.98 Å². The van der Waals surface area contributed by atoms with Crippen molar-refractivity contribution >= 4 is 11.8 Å². The van der Waals surface area contributed by atoms with Crippen LogP contribution < -0.4 is 10.2 Å². The van der Waals surface area contributed by atoms with E-state index in [4.69, 9.17) is 0 Å². The number of hydrogen-bond acceptors (Lipinski definition) is 4. The Bertz CT molecular complexity index is 604. The Hall–Kier alpha value is -2.10. The molecule has 0 atom stereocenters. The molecule has 1 N–H and O–H groups in total. The average Bonchev–Trinajstić information content (AvgIpc) is 2.61. The second-order valence-corrected chi connectivity index (χ2v) is 6.65. The van der Waals surface area contributed by atoms with Crippen LogP contribution in [0.3, 0.4) is 0 Å². The lowest BCUT2D eigenvalue weighted by atomic mass is 9.87. The minimum atomic E-state index is 0.775. The summed E-state index contributed by atoms with van der Waals surface area (Å²) in [6.45, 7) is 7.55. The molecule has 0 spiro atoms. The Labute approximate surface area is 139 Å². The topological polar surface area (TPSA) is 41.1 Å². The highest BCUT2D eigenvalue weighted by molar-refractivity contribution is 5.42. The van der Waals surface area contributed by atoms with Crippen LogP contribution in [-0.4, -0.2) is 23.1 Å². The van der Waals surface area contributed by atoms with Gasteiger partial charge < -0.3 is 10.2 Å². The number of nitrogens with zero attached hydrogens (tertiary/aromatic N) is 3. The standard InChI is InChI=1S/C19H26N4/c1-15(2)17-9-12-23(13-10-17)19-20-11-8-18(22-19)21-14-16-6-4-3-5-7-16/h3-8,11,15,17H,9-10,12-14H2,1-2H3,(H,20,21,22). The molecule has 0 saturated carbocycles. The van der Waals surface area contributed by atoms with Gasteiger partial charge in [0, 0.05) is 25.8 Å². The molecule has 1 aliphatic heterocycles. The molecule has 0 amide bonds. The first-order valence-corrected chi connectivity index (χ1v) is 8.58. The summed E-state index contributed by atoms with van der Waals surface area (Å²) in [5.74, 6) is 3.36. The van der Waals surface area contributed by atoms with E-state index < -0.39 is 0 Å². The Morgan fingerprint density at radius 3 is 2.57 bits per heavy atom. The van der Waals surface area contributed by atoms with Crippen LogP contribution in [0.25, 0.3) is 0 Å². The average molecular weight is 310 g/mol. The molecule has 122 valence electrons. The lowest BCUT2D eigenvalue weighted by molar-refractivity contribution is 0.310. The zero-order valence-corrected chi connectivity index (χ0v) is 14.1. The largest absolute Gasteiger partial charge is 0.366 e. The predicted molar refractivity (Wildman–Crippen MR) is 95.6 cm³/mol. The minimum absolute atomic E-state index is 0.775. The Balaban J connectivity index is 1.59. The molecule has 4 nitrogen and oxygen atoms in total. The first kappa shape index (κ1) is 15.8. The highest BCUT2D eigenvalue weighted by Gasteiger charge is 2.22. The first-order valence-electron chi connectivity index (χ1n) is 8.58. The van der Waals surface area contributed by atoms with Gasteiger partial charge >= 0.3 is 0 Å². The lowest BCUT2D eigenvalue weighted by Crippen LogP contribution is -2.36. The number of nitrogens with one attached hydrogen (secondary N) is 1. The van der Waals surface area contributed by atoms with Crippen LogP contribution in [0, 0.1) is 11.8 Å². The number of hydrogen-bond donors (Lipinski definition) is 1. The van der Waals surface area contributed by atoms with Gasteiger partial charge in [-0.15, -0.1) is 0 Å². The van der Waals surface area contributed by atoms with Crippen molar-refractivity contribution in [2.45, 2.75) is 33.2 Å². The minimum Gasteiger partial charge on any atom is -0.366 e. The Morgan fingerprint density at radius 1 is 1.13 bits per heavy atom. The van der Waals surface area contributed by atoms with E-state index in [-0.39, 0.29) is 0 Å². The molecule has 0 bridgehead atoms. The van der Waals surface area contributed by atoms with E-state index in [1.165, 1.54) is 18.4 Å². The van der Waals surface area contributed by atoms with Gasteiger partial charge in [-0.05, 0) is 36.3 Å². The van der Waals surface area contributed by atoms with Crippen LogP contribution >= 0.6 is 0 Å². The van der Waals surface area contributed by atoms with E-state index in [2.05, 4.69) is 58.3 Å². The van der Waals surface area contributed by atoms with Crippen LogP contribution in [0.15, 0.2) is 42.6 Å². The van der Waals surface area contributed by atoms with E-state index in [1.54, 1.807) is 0 Å². The maximum Gasteiger partial charge on any atom is 0.227 e. The van der Waals surface area contributed by atoms with Crippen LogP contribution in [0.1, 0.15) is 32.3 Å². The quantitative estimate of drug-likeness (QED) is 0.907. The smallest absolute Gasteiger partial charge is 0.227 e. The summed E-state index contributed by atoms with van der Waals surface area (Å²) in [7, 11) is 0. The van der Waals surface area contributed by atoms with Gasteiger partial charge in [-0.3, -0.25) is 0 Å². The summed E-state index contributed by atoms with van der Waals surface area (Å²) < 4.78 is 0. The molecule has 4 heteroatoms. The van der Waals surface area contributed by atoms with Crippen molar-refractivity contribution in [2.75, 3.05) is 23.3 Å². The van der Waals surface area contributed by atoms with E-state index in [9.17, 15) is 0 Å². The van der Waals surface area contributed by atoms with Crippen molar-refractivity contribution in [3.63, 3.8) is 0 Å². The summed E-state index contributed by atoms with van der Waals surface area (Å²) in [4.78, 5) is 11.5. The van der Waals surface area contributed by atoms with Crippen molar-refractivity contribution in [3.8, 4) is 0 Å². The van der Waals surface area contributed by atoms with Crippen molar-refractivity contribution in [1.82, 2.24) is 9.97 Å². The summed E-state index contributed by atoms with van der Waals surface area (Å²) in [6, 6.07) is 12.3. The van der Waals surface area contributed by atoms with Crippen molar-refractivity contribution in [1.29, 1.82) is 0 Å². The maximum atomic E-state index is 4.69. The van der Waals surface area contributed by atoms with E-state index >= 15 is 0 Å². The Morgan fingerprint density at radius 2 is 1.87 bits per heavy atom. The molecule has 0 unspecified atom stereocenters. The van der Waals surface area contributed by atoms with Crippen molar-refractivity contribution in [3.05, 3.63) is 48.2 Å². The molecule has 3 rings (SSSR count). The molecule has 0 radical (unpaired) electrons. The molecule has 0 aliphatic carbocycles. The first-order chi connectivity index (χ1) is 11.2. The van der Waals surface area contributed by atoms with Crippen LogP contribution in [0.4, 0.5) is 11.8 Å². The summed E-state index contributed by atoms with van der Waals surface area (Å²) in [5.41, 5.74) is 1.26. The third kappa shape index (κ3) is 4.21. The predicted octanol–water partition coefficient (Wildman–Crippen LogP) is 3.96. The molecule has 1 saturated heterocycles. The second kappa shape index (κ2) is 7.44. The molecule has 2 aromatic rings. The number of aromatic nitrogens is 2. The van der Waals surface area contributed by atoms with Gasteiger partial charge in [0.05, 0.1) is 0 Å². The zero-order chi connectivity index (χ0) is 16.1. The van der Waals surface area contributed by atoms with E-state index in [0.29, 0.717) is 0 Å². The summed E-state index contributed by atoms with van der Waals surface area (Å²) in [6.07, 6.45) is 4.33. The highest BCUT2D eigenvalue weighted by atomic mass is 15.3. The van der Waals surface area contributed by atoms with Gasteiger partial charge in [0.25, 0.3) is 0 Å². The number of piperidine rings is 1. The fourth-order valence-electron chi connectivity index (χ4n) is 3.15. The molecule has 1 aliphatic rings. The summed E-state index contributed by atoms with van der Waals surface area (Å²) >= 11 is 0. The van der Waals surface area contributed by atoms with E-state index in [0.717, 1.165) is 43.2 Å². The van der Waals surface area contributed by atoms with Crippen LogP contribution in [-0.2, 0) is 6.54 Å². The molecule has 1 fully saturated rings. The van der Waals surface area contributed by atoms with Crippen LogP contribution in [0.2, 0.25) is 0 Å². The zero-order valence-electron chi connectivity index (χ0n) is 14.1. The fraction of sp³-hybridized carbons (Fsp3) is 0.474. The normalized spacial score (nSPS) is 15.9. The lowest BCUT2D eigenvalue weighted by Gasteiger charge is -2.33. The van der Waals surface area contributed by atoms with Crippen molar-refractivity contribution < 1.29 is 0 Å². The molecular weight excluding hydrogens is 284 g/mol. The fourth-order valence-corrected chi connectivity index (χ4v) is 3.15. The highest BCUT2D eigenvalue weighted by Crippen LogP contribution is 2.26. The number of anilines is 2. The van der Waals surface area contributed by atoms with Gasteiger partial charge in [-0.2, -0.15) is 4.98 Å². The van der Waals surface area contributed by atoms with Gasteiger partial charge in [0.2, 0.25) is 5.95 Å². The second-order valence-electron chi connectivity index (χ2n) is 6.65. The maximum absolute atomic E-state index is 4.69. The van der Waals surface area contributed by atoms with E-state index in [1.807, 2.05) is 18.3 Å². The van der Waals surface area contributed by atoms with Gasteiger partial charge in [0.15, 0.2) is 0 Å². The van der Waals surface area contributed by atoms with Crippen LogP contribution in [0.5, 0.6) is 0 Å². The third-order valence-electron chi connectivity index (χ3n) is 4.72. The number of benzene rings is 1.